The van der Waals surface area contributed by atoms with E-state index in [4.69, 9.17) is 0 Å². The van der Waals surface area contributed by atoms with Gasteiger partial charge in [-0.3, -0.25) is 0 Å². The Hall–Kier alpha value is -3.26. The maximum atomic E-state index is 14.1. The van der Waals surface area contributed by atoms with Gasteiger partial charge in [-0.1, -0.05) is 72.8 Å². The third-order valence-corrected chi connectivity index (χ3v) is 5.63. The molecule has 0 atom stereocenters. The van der Waals surface area contributed by atoms with E-state index in [0.29, 0.717) is 0 Å². The number of rotatable bonds is 3. The second kappa shape index (κ2) is 6.72. The SMILES string of the molecule is Fc1cccc(C(c2cccc(F)c2)C2c3ccccc3-c3ccccc32)c1. The van der Waals surface area contributed by atoms with E-state index in [9.17, 15) is 8.78 Å². The van der Waals surface area contributed by atoms with Crippen LogP contribution in [0.4, 0.5) is 8.78 Å². The van der Waals surface area contributed by atoms with E-state index in [-0.39, 0.29) is 23.5 Å². The van der Waals surface area contributed by atoms with Crippen molar-refractivity contribution < 1.29 is 8.78 Å². The molecule has 0 bridgehead atoms. The lowest BCUT2D eigenvalue weighted by Crippen LogP contribution is -2.13. The molecule has 0 nitrogen and oxygen atoms in total. The van der Waals surface area contributed by atoms with E-state index >= 15 is 0 Å². The van der Waals surface area contributed by atoms with Crippen LogP contribution < -0.4 is 0 Å². The Morgan fingerprint density at radius 2 is 1.00 bits per heavy atom. The molecule has 0 amide bonds. The Kier molecular flexibility index (Phi) is 4.05. The maximum Gasteiger partial charge on any atom is 0.123 e. The molecule has 0 unspecified atom stereocenters. The van der Waals surface area contributed by atoms with Crippen molar-refractivity contribution in [1.82, 2.24) is 0 Å². The van der Waals surface area contributed by atoms with Crippen molar-refractivity contribution in [1.29, 1.82) is 0 Å². The van der Waals surface area contributed by atoms with Crippen LogP contribution in [-0.2, 0) is 0 Å². The summed E-state index contributed by atoms with van der Waals surface area (Å²) in [7, 11) is 0. The molecule has 2 heteroatoms. The first-order chi connectivity index (χ1) is 13.7. The van der Waals surface area contributed by atoms with Gasteiger partial charge in [0.25, 0.3) is 0 Å². The minimum absolute atomic E-state index is 0.00370. The molecule has 0 heterocycles. The molecule has 0 aliphatic heterocycles. The summed E-state index contributed by atoms with van der Waals surface area (Å²) in [4.78, 5) is 0. The summed E-state index contributed by atoms with van der Waals surface area (Å²) in [5.41, 5.74) is 6.48. The fourth-order valence-electron chi connectivity index (χ4n) is 4.53. The summed E-state index contributed by atoms with van der Waals surface area (Å²) < 4.78 is 28.3. The van der Waals surface area contributed by atoms with Gasteiger partial charge in [0.1, 0.15) is 11.6 Å². The molecule has 0 radical (unpaired) electrons. The number of benzene rings is 4. The van der Waals surface area contributed by atoms with Gasteiger partial charge in [-0.25, -0.2) is 8.78 Å². The van der Waals surface area contributed by atoms with Crippen LogP contribution in [0, 0.1) is 11.6 Å². The highest BCUT2D eigenvalue weighted by atomic mass is 19.1. The molecule has 5 rings (SSSR count). The predicted molar refractivity (Wildman–Crippen MR) is 108 cm³/mol. The molecule has 1 aliphatic rings. The maximum absolute atomic E-state index is 14.1. The molecule has 1 aliphatic carbocycles. The molecule has 28 heavy (non-hydrogen) atoms. The van der Waals surface area contributed by atoms with Crippen molar-refractivity contribution in [2.75, 3.05) is 0 Å². The van der Waals surface area contributed by atoms with Crippen LogP contribution >= 0.6 is 0 Å². The third kappa shape index (κ3) is 2.73. The molecule has 136 valence electrons. The highest BCUT2D eigenvalue weighted by molar-refractivity contribution is 5.79. The summed E-state index contributed by atoms with van der Waals surface area (Å²) in [5.74, 6) is -0.746. The third-order valence-electron chi connectivity index (χ3n) is 5.63. The normalized spacial score (nSPS) is 12.8. The quantitative estimate of drug-likeness (QED) is 0.369. The first kappa shape index (κ1) is 16.9. The topological polar surface area (TPSA) is 0 Å². The minimum atomic E-state index is -0.279. The Morgan fingerprint density at radius 3 is 1.46 bits per heavy atom. The molecule has 4 aromatic carbocycles. The van der Waals surface area contributed by atoms with Gasteiger partial charge in [-0.05, 0) is 57.6 Å². The van der Waals surface area contributed by atoms with E-state index in [2.05, 4.69) is 24.3 Å². The standard InChI is InChI=1S/C26H18F2/c27-19-9-5-7-17(15-19)25(18-8-6-10-20(28)16-18)26-23-13-3-1-11-21(23)22-12-2-4-14-24(22)26/h1-16,25-26H. The van der Waals surface area contributed by atoms with E-state index in [1.807, 2.05) is 36.4 Å². The van der Waals surface area contributed by atoms with Gasteiger partial charge in [0.15, 0.2) is 0 Å². The second-order valence-corrected chi connectivity index (χ2v) is 7.24. The number of hydrogen-bond donors (Lipinski definition) is 0. The van der Waals surface area contributed by atoms with Crippen LogP contribution in [0.25, 0.3) is 11.1 Å². The van der Waals surface area contributed by atoms with Gasteiger partial charge in [-0.15, -0.1) is 0 Å². The van der Waals surface area contributed by atoms with Crippen molar-refractivity contribution in [2.45, 2.75) is 11.8 Å². The van der Waals surface area contributed by atoms with Crippen LogP contribution in [0.15, 0.2) is 97.1 Å². The Bertz CT molecular complexity index is 1070. The molecule has 0 fully saturated rings. The molecule has 0 saturated heterocycles. The predicted octanol–water partition coefficient (Wildman–Crippen LogP) is 6.91. The molecule has 4 aromatic rings. The lowest BCUT2D eigenvalue weighted by Gasteiger charge is -2.27. The Morgan fingerprint density at radius 1 is 0.536 bits per heavy atom. The van der Waals surface area contributed by atoms with E-state index < -0.39 is 0 Å². The zero-order chi connectivity index (χ0) is 19.1. The summed E-state index contributed by atoms with van der Waals surface area (Å²) in [6.07, 6.45) is 0. The summed E-state index contributed by atoms with van der Waals surface area (Å²) in [6, 6.07) is 30.0. The van der Waals surface area contributed by atoms with Crippen molar-refractivity contribution in [3.8, 4) is 11.1 Å². The second-order valence-electron chi connectivity index (χ2n) is 7.24. The van der Waals surface area contributed by atoms with Crippen molar-refractivity contribution >= 4 is 0 Å². The van der Waals surface area contributed by atoms with Gasteiger partial charge < -0.3 is 0 Å². The molecule has 0 spiro atoms. The van der Waals surface area contributed by atoms with Crippen molar-refractivity contribution in [3.05, 3.63) is 131 Å². The van der Waals surface area contributed by atoms with Crippen molar-refractivity contribution in [2.24, 2.45) is 0 Å². The van der Waals surface area contributed by atoms with Crippen LogP contribution in [-0.4, -0.2) is 0 Å². The van der Waals surface area contributed by atoms with E-state index in [1.165, 1.54) is 34.4 Å². The van der Waals surface area contributed by atoms with Crippen LogP contribution in [0.2, 0.25) is 0 Å². The lowest BCUT2D eigenvalue weighted by molar-refractivity contribution is 0.611. The van der Waals surface area contributed by atoms with Gasteiger partial charge in [0, 0.05) is 11.8 Å². The van der Waals surface area contributed by atoms with Crippen LogP contribution in [0.1, 0.15) is 34.1 Å². The average Bonchev–Trinajstić information content (AvgIpc) is 3.03. The molecular formula is C26H18F2. The van der Waals surface area contributed by atoms with E-state index in [0.717, 1.165) is 11.1 Å². The van der Waals surface area contributed by atoms with E-state index in [1.54, 1.807) is 24.3 Å². The average molecular weight is 368 g/mol. The first-order valence-electron chi connectivity index (χ1n) is 9.41. The summed E-state index contributed by atoms with van der Waals surface area (Å²) in [6.45, 7) is 0. The summed E-state index contributed by atoms with van der Waals surface area (Å²) in [5, 5.41) is 0. The number of hydrogen-bond acceptors (Lipinski definition) is 0. The van der Waals surface area contributed by atoms with Crippen molar-refractivity contribution in [3.63, 3.8) is 0 Å². The lowest BCUT2D eigenvalue weighted by atomic mass is 9.76. The van der Waals surface area contributed by atoms with Gasteiger partial charge >= 0.3 is 0 Å². The fourth-order valence-corrected chi connectivity index (χ4v) is 4.53. The Balaban J connectivity index is 1.79. The molecule has 0 aromatic heterocycles. The Labute approximate surface area is 163 Å². The number of fused-ring (bicyclic) bond motifs is 3. The van der Waals surface area contributed by atoms with Gasteiger partial charge in [0.05, 0.1) is 0 Å². The van der Waals surface area contributed by atoms with Crippen LogP contribution in [0.5, 0.6) is 0 Å². The van der Waals surface area contributed by atoms with Gasteiger partial charge in [0.2, 0.25) is 0 Å². The summed E-state index contributed by atoms with van der Waals surface area (Å²) >= 11 is 0. The smallest absolute Gasteiger partial charge is 0.123 e. The molecular weight excluding hydrogens is 350 g/mol. The highest BCUT2D eigenvalue weighted by Gasteiger charge is 2.36. The first-order valence-corrected chi connectivity index (χ1v) is 9.41. The minimum Gasteiger partial charge on any atom is -0.207 e. The molecule has 0 saturated carbocycles. The molecule has 0 N–H and O–H groups in total. The zero-order valence-electron chi connectivity index (χ0n) is 15.1. The highest BCUT2D eigenvalue weighted by Crippen LogP contribution is 2.52. The monoisotopic (exact) mass is 368 g/mol. The fraction of sp³-hybridized carbons (Fsp3) is 0.0769. The number of halogens is 2. The van der Waals surface area contributed by atoms with Gasteiger partial charge in [-0.2, -0.15) is 0 Å². The zero-order valence-corrected chi connectivity index (χ0v) is 15.1. The largest absolute Gasteiger partial charge is 0.207 e. The van der Waals surface area contributed by atoms with Crippen LogP contribution in [0.3, 0.4) is 0 Å².